The molecule has 142 valence electrons. The van der Waals surface area contributed by atoms with Gasteiger partial charge in [0.25, 0.3) is 0 Å². The van der Waals surface area contributed by atoms with Crippen molar-refractivity contribution in [1.29, 1.82) is 0 Å². The van der Waals surface area contributed by atoms with E-state index < -0.39 is 0 Å². The third-order valence-corrected chi connectivity index (χ3v) is 5.29. The number of para-hydroxylation sites is 1. The Balaban J connectivity index is 1.55. The molecule has 0 aliphatic rings. The number of nitrogens with one attached hydrogen (secondary N) is 1. The number of nitrogens with zero attached hydrogens (tertiary/aromatic N) is 4. The molecule has 0 atom stereocenters. The first-order chi connectivity index (χ1) is 13.7. The van der Waals surface area contributed by atoms with Gasteiger partial charge in [0.2, 0.25) is 0 Å². The van der Waals surface area contributed by atoms with Gasteiger partial charge in [0.15, 0.2) is 0 Å². The van der Waals surface area contributed by atoms with Crippen molar-refractivity contribution in [2.75, 3.05) is 12.4 Å². The van der Waals surface area contributed by atoms with Gasteiger partial charge in [-0.05, 0) is 31.7 Å². The van der Waals surface area contributed by atoms with E-state index in [-0.39, 0.29) is 0 Å². The van der Waals surface area contributed by atoms with E-state index in [1.807, 2.05) is 29.8 Å². The summed E-state index contributed by atoms with van der Waals surface area (Å²) in [5.74, 6) is 1.69. The highest BCUT2D eigenvalue weighted by Gasteiger charge is 2.10. The van der Waals surface area contributed by atoms with Gasteiger partial charge in [0.05, 0.1) is 18.6 Å². The molecule has 0 aliphatic carbocycles. The minimum atomic E-state index is 0.670. The topological polar surface area (TPSA) is 53.9 Å². The van der Waals surface area contributed by atoms with Gasteiger partial charge in [-0.2, -0.15) is 0 Å². The van der Waals surface area contributed by atoms with Crippen LogP contribution in [0.15, 0.2) is 60.1 Å². The molecule has 4 aromatic rings. The SMILES string of the molecule is Cc1ccc(CNc2nc(CN(C)Cc3nccs3)nc3ccccc23)cc1. The van der Waals surface area contributed by atoms with Crippen LogP contribution in [-0.4, -0.2) is 26.9 Å². The number of hydrogen-bond donors (Lipinski definition) is 1. The van der Waals surface area contributed by atoms with Crippen molar-refractivity contribution in [3.05, 3.63) is 82.1 Å². The lowest BCUT2D eigenvalue weighted by atomic mass is 10.1. The van der Waals surface area contributed by atoms with Gasteiger partial charge in [-0.1, -0.05) is 42.0 Å². The maximum atomic E-state index is 4.82. The Hall–Kier alpha value is -2.83. The molecule has 0 unspecified atom stereocenters. The van der Waals surface area contributed by atoms with E-state index in [0.29, 0.717) is 6.54 Å². The van der Waals surface area contributed by atoms with Gasteiger partial charge in [0, 0.05) is 23.5 Å². The third kappa shape index (κ3) is 4.52. The number of fused-ring (bicyclic) bond motifs is 1. The number of thiazole rings is 1. The molecule has 0 saturated carbocycles. The smallest absolute Gasteiger partial charge is 0.145 e. The Morgan fingerprint density at radius 1 is 1.00 bits per heavy atom. The average molecular weight is 390 g/mol. The standard InChI is InChI=1S/C22H23N5S/c1-16-7-9-17(10-8-16)13-24-22-18-5-3-4-6-19(18)25-20(26-22)14-27(2)15-21-23-11-12-28-21/h3-12H,13-15H2,1-2H3,(H,24,25,26). The quantitative estimate of drug-likeness (QED) is 0.499. The summed E-state index contributed by atoms with van der Waals surface area (Å²) in [4.78, 5) is 16.1. The van der Waals surface area contributed by atoms with Crippen LogP contribution in [0.1, 0.15) is 22.0 Å². The van der Waals surface area contributed by atoms with Crippen molar-refractivity contribution in [3.63, 3.8) is 0 Å². The van der Waals surface area contributed by atoms with Crippen LogP contribution in [0.2, 0.25) is 0 Å². The molecule has 0 bridgehead atoms. The normalized spacial score (nSPS) is 11.2. The monoisotopic (exact) mass is 389 g/mol. The van der Waals surface area contributed by atoms with Gasteiger partial charge < -0.3 is 5.32 Å². The first-order valence-electron chi connectivity index (χ1n) is 9.29. The molecule has 1 N–H and O–H groups in total. The highest BCUT2D eigenvalue weighted by molar-refractivity contribution is 7.09. The summed E-state index contributed by atoms with van der Waals surface area (Å²) in [7, 11) is 2.07. The number of aromatic nitrogens is 3. The summed E-state index contributed by atoms with van der Waals surface area (Å²) >= 11 is 1.67. The fourth-order valence-electron chi connectivity index (χ4n) is 3.08. The molecule has 4 rings (SSSR count). The summed E-state index contributed by atoms with van der Waals surface area (Å²) in [6.45, 7) is 4.29. The van der Waals surface area contributed by atoms with E-state index in [1.54, 1.807) is 11.3 Å². The predicted octanol–water partition coefficient (Wildman–Crippen LogP) is 4.64. The highest BCUT2D eigenvalue weighted by Crippen LogP contribution is 2.21. The Morgan fingerprint density at radius 3 is 2.61 bits per heavy atom. The summed E-state index contributed by atoms with van der Waals surface area (Å²) in [6.07, 6.45) is 1.84. The maximum Gasteiger partial charge on any atom is 0.145 e. The van der Waals surface area contributed by atoms with Crippen molar-refractivity contribution in [3.8, 4) is 0 Å². The van der Waals surface area contributed by atoms with Gasteiger partial charge in [-0.15, -0.1) is 11.3 Å². The van der Waals surface area contributed by atoms with E-state index in [4.69, 9.17) is 9.97 Å². The minimum absolute atomic E-state index is 0.670. The fourth-order valence-corrected chi connectivity index (χ4v) is 3.78. The van der Waals surface area contributed by atoms with Gasteiger partial charge in [-0.25, -0.2) is 15.0 Å². The van der Waals surface area contributed by atoms with Crippen LogP contribution in [0.3, 0.4) is 0 Å². The number of hydrogen-bond acceptors (Lipinski definition) is 6. The van der Waals surface area contributed by atoms with Crippen molar-refractivity contribution in [1.82, 2.24) is 19.9 Å². The Labute approximate surface area is 169 Å². The molecule has 2 aromatic carbocycles. The fraction of sp³-hybridized carbons (Fsp3) is 0.227. The molecule has 0 spiro atoms. The van der Waals surface area contributed by atoms with E-state index >= 15 is 0 Å². The molecule has 0 radical (unpaired) electrons. The lowest BCUT2D eigenvalue weighted by Gasteiger charge is -2.16. The summed E-state index contributed by atoms with van der Waals surface area (Å²) in [5.41, 5.74) is 3.46. The van der Waals surface area contributed by atoms with Crippen LogP contribution in [0.4, 0.5) is 5.82 Å². The minimum Gasteiger partial charge on any atom is -0.365 e. The van der Waals surface area contributed by atoms with Crippen molar-refractivity contribution in [2.24, 2.45) is 0 Å². The number of anilines is 1. The van der Waals surface area contributed by atoms with Crippen LogP contribution in [-0.2, 0) is 19.6 Å². The zero-order valence-corrected chi connectivity index (χ0v) is 16.9. The van der Waals surface area contributed by atoms with Crippen molar-refractivity contribution in [2.45, 2.75) is 26.6 Å². The molecule has 0 saturated heterocycles. The molecule has 28 heavy (non-hydrogen) atoms. The van der Waals surface area contributed by atoms with E-state index in [0.717, 1.165) is 40.6 Å². The largest absolute Gasteiger partial charge is 0.365 e. The van der Waals surface area contributed by atoms with Crippen LogP contribution in [0, 0.1) is 6.92 Å². The average Bonchev–Trinajstić information content (AvgIpc) is 3.20. The molecule has 0 amide bonds. The second-order valence-electron chi connectivity index (χ2n) is 6.94. The summed E-state index contributed by atoms with van der Waals surface area (Å²) < 4.78 is 0. The van der Waals surface area contributed by atoms with Crippen LogP contribution in [0.25, 0.3) is 10.9 Å². The molecule has 6 heteroatoms. The second kappa shape index (κ2) is 8.46. The Morgan fingerprint density at radius 2 is 1.82 bits per heavy atom. The highest BCUT2D eigenvalue weighted by atomic mass is 32.1. The molecule has 2 heterocycles. The molecule has 5 nitrogen and oxygen atoms in total. The van der Waals surface area contributed by atoms with Crippen LogP contribution in [0.5, 0.6) is 0 Å². The molecule has 0 fully saturated rings. The molecular formula is C22H23N5S. The lowest BCUT2D eigenvalue weighted by molar-refractivity contribution is 0.310. The maximum absolute atomic E-state index is 4.82. The number of rotatable bonds is 7. The lowest BCUT2D eigenvalue weighted by Crippen LogP contribution is -2.19. The van der Waals surface area contributed by atoms with Gasteiger partial charge >= 0.3 is 0 Å². The number of benzene rings is 2. The summed E-state index contributed by atoms with van der Waals surface area (Å²) in [6, 6.07) is 16.7. The molecular weight excluding hydrogens is 366 g/mol. The van der Waals surface area contributed by atoms with Crippen molar-refractivity contribution >= 4 is 28.1 Å². The summed E-state index contributed by atoms with van der Waals surface area (Å²) in [5, 5.41) is 7.65. The first-order valence-corrected chi connectivity index (χ1v) is 10.2. The van der Waals surface area contributed by atoms with Gasteiger partial charge in [-0.3, -0.25) is 4.90 Å². The van der Waals surface area contributed by atoms with E-state index in [2.05, 4.69) is 59.5 Å². The predicted molar refractivity (Wildman–Crippen MR) is 115 cm³/mol. The molecule has 0 aliphatic heterocycles. The zero-order chi connectivity index (χ0) is 19.3. The third-order valence-electron chi connectivity index (χ3n) is 4.53. The zero-order valence-electron chi connectivity index (χ0n) is 16.1. The number of aryl methyl sites for hydroxylation is 1. The van der Waals surface area contributed by atoms with E-state index in [1.165, 1.54) is 11.1 Å². The van der Waals surface area contributed by atoms with E-state index in [9.17, 15) is 0 Å². The Kier molecular flexibility index (Phi) is 5.60. The van der Waals surface area contributed by atoms with Crippen LogP contribution >= 0.6 is 11.3 Å². The van der Waals surface area contributed by atoms with Crippen LogP contribution < -0.4 is 5.32 Å². The Bertz CT molecular complexity index is 1040. The van der Waals surface area contributed by atoms with Crippen molar-refractivity contribution < 1.29 is 0 Å². The van der Waals surface area contributed by atoms with Gasteiger partial charge in [0.1, 0.15) is 16.6 Å². The second-order valence-corrected chi connectivity index (χ2v) is 7.92. The molecule has 2 aromatic heterocycles. The first kappa shape index (κ1) is 18.5.